The molecule has 0 amide bonds. The largest absolute Gasteiger partial charge is 0.463 e. The summed E-state index contributed by atoms with van der Waals surface area (Å²) >= 11 is 0. The van der Waals surface area contributed by atoms with E-state index in [1.54, 1.807) is 0 Å². The lowest BCUT2D eigenvalue weighted by Crippen LogP contribution is -2.60. The van der Waals surface area contributed by atoms with Crippen LogP contribution in [0.4, 0.5) is 0 Å². The predicted molar refractivity (Wildman–Crippen MR) is 112 cm³/mol. The minimum absolute atomic E-state index is 0.232. The van der Waals surface area contributed by atoms with E-state index < -0.39 is 42.3 Å². The Morgan fingerprint density at radius 1 is 1.27 bits per heavy atom. The highest BCUT2D eigenvalue weighted by molar-refractivity contribution is 5.65. The molecule has 7 atom stereocenters. The Bertz CT molecular complexity index is 629. The van der Waals surface area contributed by atoms with Gasteiger partial charge in [0.25, 0.3) is 0 Å². The van der Waals surface area contributed by atoms with Gasteiger partial charge >= 0.3 is 5.97 Å². The first-order valence-corrected chi connectivity index (χ1v) is 10.9. The number of aliphatic hydroxyl groups excluding tert-OH is 3. The first-order chi connectivity index (χ1) is 14.0. The number of ether oxygens (including phenoxy) is 3. The van der Waals surface area contributed by atoms with Gasteiger partial charge in [-0.1, -0.05) is 37.6 Å². The van der Waals surface area contributed by atoms with Crippen LogP contribution >= 0.6 is 0 Å². The van der Waals surface area contributed by atoms with Crippen LogP contribution in [0.15, 0.2) is 23.8 Å². The lowest BCUT2D eigenvalue weighted by molar-refractivity contribution is -0.320. The average Bonchev–Trinajstić information content (AvgIpc) is 2.67. The quantitative estimate of drug-likeness (QED) is 0.458. The molecule has 2 aliphatic rings. The Hall–Kier alpha value is -1.25. The van der Waals surface area contributed by atoms with Crippen molar-refractivity contribution in [2.45, 2.75) is 96.6 Å². The van der Waals surface area contributed by atoms with Crippen LogP contribution in [-0.4, -0.2) is 64.2 Å². The standard InChI is InChI=1S/C23H38O7/c1-14(2)17-9-8-15(3)7-6-11-23(5,12-10-17)30-22-21(27)20(26)19(25)18(29-22)13-28-16(4)24/h7,10,12,14,17-22,25-27H,6,8-9,11,13H2,1-5H3. The maximum atomic E-state index is 11.1. The summed E-state index contributed by atoms with van der Waals surface area (Å²) in [5, 5.41) is 30.9. The predicted octanol–water partition coefficient (Wildman–Crippen LogP) is 2.48. The number of carbonyl (C=O) groups excluding carboxylic acids is 1. The van der Waals surface area contributed by atoms with Crippen LogP contribution in [0.2, 0.25) is 0 Å². The monoisotopic (exact) mass is 426 g/mol. The fourth-order valence-electron chi connectivity index (χ4n) is 3.88. The minimum atomic E-state index is -1.47. The van der Waals surface area contributed by atoms with Crippen LogP contribution in [0.1, 0.15) is 60.3 Å². The minimum Gasteiger partial charge on any atom is -0.463 e. The highest BCUT2D eigenvalue weighted by Crippen LogP contribution is 2.32. The highest BCUT2D eigenvalue weighted by atomic mass is 16.7. The van der Waals surface area contributed by atoms with Gasteiger partial charge < -0.3 is 29.5 Å². The van der Waals surface area contributed by atoms with Gasteiger partial charge in [0.05, 0.1) is 5.60 Å². The molecule has 2 rings (SSSR count). The molecule has 0 spiro atoms. The normalized spacial score (nSPS) is 38.2. The second-order valence-corrected chi connectivity index (χ2v) is 9.14. The van der Waals surface area contributed by atoms with Crippen LogP contribution in [0.25, 0.3) is 0 Å². The van der Waals surface area contributed by atoms with Crippen molar-refractivity contribution in [1.82, 2.24) is 0 Å². The number of carbonyl (C=O) groups is 1. The third-order valence-corrected chi connectivity index (χ3v) is 6.06. The second-order valence-electron chi connectivity index (χ2n) is 9.14. The molecule has 0 aromatic carbocycles. The number of allylic oxidation sites excluding steroid dienone is 3. The second kappa shape index (κ2) is 10.9. The maximum Gasteiger partial charge on any atom is 0.302 e. The Kier molecular flexibility index (Phi) is 9.06. The summed E-state index contributed by atoms with van der Waals surface area (Å²) in [5.74, 6) is 0.364. The van der Waals surface area contributed by atoms with E-state index >= 15 is 0 Å². The number of hydrogen-bond acceptors (Lipinski definition) is 7. The molecule has 3 N–H and O–H groups in total. The van der Waals surface area contributed by atoms with Crippen LogP contribution in [0.3, 0.4) is 0 Å². The Morgan fingerprint density at radius 3 is 2.60 bits per heavy atom. The molecule has 0 bridgehead atoms. The molecule has 30 heavy (non-hydrogen) atoms. The Balaban J connectivity index is 2.19. The lowest BCUT2D eigenvalue weighted by atomic mass is 9.85. The molecule has 1 fully saturated rings. The van der Waals surface area contributed by atoms with E-state index in [0.29, 0.717) is 18.3 Å². The van der Waals surface area contributed by atoms with Gasteiger partial charge in [-0.2, -0.15) is 0 Å². The van der Waals surface area contributed by atoms with E-state index in [1.807, 2.05) is 13.0 Å². The first kappa shape index (κ1) is 25.0. The SMILES string of the molecule is CC(=O)OCC1OC(OC2(C)C=CC(C(C)C)CCC(C)=CCC2)C(O)C(O)C1O. The lowest BCUT2D eigenvalue weighted by Gasteiger charge is -2.43. The summed E-state index contributed by atoms with van der Waals surface area (Å²) in [4.78, 5) is 11.1. The van der Waals surface area contributed by atoms with Gasteiger partial charge in [-0.05, 0) is 51.4 Å². The third kappa shape index (κ3) is 6.89. The fraction of sp³-hybridized carbons (Fsp3) is 0.783. The van der Waals surface area contributed by atoms with Crippen molar-refractivity contribution < 1.29 is 34.3 Å². The van der Waals surface area contributed by atoms with Crippen molar-refractivity contribution in [2.75, 3.05) is 6.61 Å². The molecule has 0 radical (unpaired) electrons. The van der Waals surface area contributed by atoms with Crippen molar-refractivity contribution in [3.63, 3.8) is 0 Å². The van der Waals surface area contributed by atoms with E-state index in [-0.39, 0.29) is 6.61 Å². The molecule has 7 nitrogen and oxygen atoms in total. The summed E-state index contributed by atoms with van der Waals surface area (Å²) in [6, 6.07) is 0. The number of esters is 1. The first-order valence-electron chi connectivity index (χ1n) is 10.9. The molecule has 172 valence electrons. The molecular weight excluding hydrogens is 388 g/mol. The molecule has 0 saturated carbocycles. The van der Waals surface area contributed by atoms with Gasteiger partial charge in [-0.3, -0.25) is 4.79 Å². The van der Waals surface area contributed by atoms with Crippen LogP contribution < -0.4 is 0 Å². The van der Waals surface area contributed by atoms with Crippen molar-refractivity contribution in [3.8, 4) is 0 Å². The number of aliphatic hydroxyl groups is 3. The van der Waals surface area contributed by atoms with E-state index in [1.165, 1.54) is 12.5 Å². The van der Waals surface area contributed by atoms with Crippen LogP contribution in [-0.2, 0) is 19.0 Å². The molecule has 1 aliphatic heterocycles. The van der Waals surface area contributed by atoms with E-state index in [4.69, 9.17) is 14.2 Å². The van der Waals surface area contributed by atoms with Crippen molar-refractivity contribution in [1.29, 1.82) is 0 Å². The van der Waals surface area contributed by atoms with Gasteiger partial charge in [0.2, 0.25) is 0 Å². The molecule has 0 aromatic heterocycles. The van der Waals surface area contributed by atoms with E-state index in [9.17, 15) is 20.1 Å². The van der Waals surface area contributed by atoms with E-state index in [2.05, 4.69) is 32.9 Å². The average molecular weight is 427 g/mol. The van der Waals surface area contributed by atoms with Crippen molar-refractivity contribution in [2.24, 2.45) is 11.8 Å². The fourth-order valence-corrected chi connectivity index (χ4v) is 3.88. The van der Waals surface area contributed by atoms with Gasteiger partial charge in [0.1, 0.15) is 31.0 Å². The van der Waals surface area contributed by atoms with Gasteiger partial charge in [0, 0.05) is 6.92 Å². The molecule has 1 saturated heterocycles. The zero-order chi connectivity index (χ0) is 22.5. The highest BCUT2D eigenvalue weighted by Gasteiger charge is 2.46. The van der Waals surface area contributed by atoms with Crippen LogP contribution in [0, 0.1) is 11.8 Å². The van der Waals surface area contributed by atoms with Gasteiger partial charge in [-0.15, -0.1) is 0 Å². The van der Waals surface area contributed by atoms with Crippen molar-refractivity contribution in [3.05, 3.63) is 23.8 Å². The van der Waals surface area contributed by atoms with Crippen molar-refractivity contribution >= 4 is 5.97 Å². The van der Waals surface area contributed by atoms with Gasteiger partial charge in [0.15, 0.2) is 6.29 Å². The summed E-state index contributed by atoms with van der Waals surface area (Å²) in [6.07, 6.45) is 3.60. The summed E-state index contributed by atoms with van der Waals surface area (Å²) in [7, 11) is 0. The summed E-state index contributed by atoms with van der Waals surface area (Å²) in [5.41, 5.74) is 0.619. The molecule has 7 heteroatoms. The van der Waals surface area contributed by atoms with E-state index in [0.717, 1.165) is 19.3 Å². The zero-order valence-corrected chi connectivity index (χ0v) is 18.8. The topological polar surface area (TPSA) is 105 Å². The molecule has 1 aliphatic carbocycles. The number of rotatable bonds is 5. The zero-order valence-electron chi connectivity index (χ0n) is 18.8. The summed E-state index contributed by atoms with van der Waals surface area (Å²) in [6.45, 7) is 9.49. The summed E-state index contributed by atoms with van der Waals surface area (Å²) < 4.78 is 16.8. The maximum absolute atomic E-state index is 11.1. The van der Waals surface area contributed by atoms with Crippen LogP contribution in [0.5, 0.6) is 0 Å². The molecule has 0 aromatic rings. The Morgan fingerprint density at radius 2 is 1.97 bits per heavy atom. The number of hydrogen-bond donors (Lipinski definition) is 3. The third-order valence-electron chi connectivity index (χ3n) is 6.06. The smallest absolute Gasteiger partial charge is 0.302 e. The molecular formula is C23H38O7. The molecule has 7 unspecified atom stereocenters. The Labute approximate surface area is 179 Å². The molecule has 1 heterocycles. The van der Waals surface area contributed by atoms with Gasteiger partial charge in [-0.25, -0.2) is 0 Å².